The third kappa shape index (κ3) is 3.89. The van der Waals surface area contributed by atoms with Crippen LogP contribution in [0.1, 0.15) is 43.5 Å². The van der Waals surface area contributed by atoms with E-state index in [1.807, 2.05) is 11.8 Å². The zero-order valence-electron chi connectivity index (χ0n) is 13.6. The van der Waals surface area contributed by atoms with Crippen molar-refractivity contribution in [1.82, 2.24) is 9.97 Å². The summed E-state index contributed by atoms with van der Waals surface area (Å²) in [6.45, 7) is 11.9. The van der Waals surface area contributed by atoms with Crippen molar-refractivity contribution in [2.75, 3.05) is 17.6 Å². The summed E-state index contributed by atoms with van der Waals surface area (Å²) < 4.78 is 0. The topological polar surface area (TPSA) is 37.8 Å². The number of hydrogen-bond donors (Lipinski definition) is 1. The molecule has 2 heterocycles. The van der Waals surface area contributed by atoms with Gasteiger partial charge in [0.05, 0.1) is 11.1 Å². The van der Waals surface area contributed by atoms with Crippen LogP contribution in [-0.4, -0.2) is 22.3 Å². The second kappa shape index (κ2) is 7.45. The molecule has 2 aromatic heterocycles. The summed E-state index contributed by atoms with van der Waals surface area (Å²) in [5.74, 6) is 4.79. The van der Waals surface area contributed by atoms with E-state index in [0.29, 0.717) is 0 Å². The zero-order valence-corrected chi connectivity index (χ0v) is 15.2. The van der Waals surface area contributed by atoms with Gasteiger partial charge in [0, 0.05) is 11.4 Å². The molecule has 0 saturated carbocycles. The molecule has 1 unspecified atom stereocenters. The molecule has 116 valence electrons. The molecule has 0 radical (unpaired) electrons. The molecule has 0 amide bonds. The maximum Gasteiger partial charge on any atom is 0.142 e. The average Bonchev–Trinajstić information content (AvgIpc) is 2.74. The number of thioether (sulfide) groups is 1. The molecule has 5 heteroatoms. The first-order valence-electron chi connectivity index (χ1n) is 7.65. The summed E-state index contributed by atoms with van der Waals surface area (Å²) in [7, 11) is 0. The molecule has 0 aliphatic carbocycles. The van der Waals surface area contributed by atoms with Gasteiger partial charge in [-0.1, -0.05) is 20.3 Å². The van der Waals surface area contributed by atoms with Crippen LogP contribution < -0.4 is 5.32 Å². The van der Waals surface area contributed by atoms with Crippen LogP contribution in [0.5, 0.6) is 0 Å². The summed E-state index contributed by atoms with van der Waals surface area (Å²) in [6, 6.07) is 0. The van der Waals surface area contributed by atoms with E-state index in [1.165, 1.54) is 28.0 Å². The Morgan fingerprint density at radius 1 is 1.24 bits per heavy atom. The lowest BCUT2D eigenvalue weighted by Gasteiger charge is -2.09. The van der Waals surface area contributed by atoms with Crippen LogP contribution in [0.3, 0.4) is 0 Å². The summed E-state index contributed by atoms with van der Waals surface area (Å²) in [5.41, 5.74) is 1.31. The van der Waals surface area contributed by atoms with Crippen molar-refractivity contribution in [3.8, 4) is 0 Å². The Balaban J connectivity index is 2.25. The van der Waals surface area contributed by atoms with E-state index in [0.717, 1.165) is 34.7 Å². The molecule has 2 aromatic rings. The molecule has 2 rings (SSSR count). The van der Waals surface area contributed by atoms with Gasteiger partial charge in [0.1, 0.15) is 16.5 Å². The maximum atomic E-state index is 4.77. The molecule has 0 aliphatic heterocycles. The van der Waals surface area contributed by atoms with E-state index in [-0.39, 0.29) is 0 Å². The quantitative estimate of drug-likeness (QED) is 0.776. The van der Waals surface area contributed by atoms with Gasteiger partial charge in [0.25, 0.3) is 0 Å². The molecule has 1 N–H and O–H groups in total. The highest BCUT2D eigenvalue weighted by molar-refractivity contribution is 7.98. The number of aryl methyl sites for hydroxylation is 2. The zero-order chi connectivity index (χ0) is 15.4. The minimum atomic E-state index is 0.762. The van der Waals surface area contributed by atoms with Gasteiger partial charge >= 0.3 is 0 Å². The first-order valence-corrected chi connectivity index (χ1v) is 9.62. The summed E-state index contributed by atoms with van der Waals surface area (Å²) in [5, 5.41) is 4.61. The fourth-order valence-corrected chi connectivity index (χ4v) is 4.24. The van der Waals surface area contributed by atoms with Gasteiger partial charge in [0.2, 0.25) is 0 Å². The van der Waals surface area contributed by atoms with Crippen molar-refractivity contribution in [3.63, 3.8) is 0 Å². The van der Waals surface area contributed by atoms with E-state index >= 15 is 0 Å². The lowest BCUT2D eigenvalue weighted by atomic mass is 10.2. The Labute approximate surface area is 136 Å². The van der Waals surface area contributed by atoms with Gasteiger partial charge in [-0.15, -0.1) is 11.3 Å². The minimum Gasteiger partial charge on any atom is -0.370 e. The highest BCUT2D eigenvalue weighted by Crippen LogP contribution is 2.33. The third-order valence-corrected chi connectivity index (χ3v) is 6.12. The number of rotatable bonds is 7. The molecule has 0 aromatic carbocycles. The van der Waals surface area contributed by atoms with Crippen molar-refractivity contribution < 1.29 is 0 Å². The van der Waals surface area contributed by atoms with Crippen molar-refractivity contribution in [3.05, 3.63) is 16.3 Å². The molecule has 0 bridgehead atoms. The molecule has 0 fully saturated rings. The van der Waals surface area contributed by atoms with E-state index in [4.69, 9.17) is 9.97 Å². The van der Waals surface area contributed by atoms with Crippen LogP contribution >= 0.6 is 23.1 Å². The Hall–Kier alpha value is -0.810. The number of thiophene rings is 1. The molecular weight excluding hydrogens is 298 g/mol. The predicted octanol–water partition coefficient (Wildman–Crippen LogP) is 5.02. The van der Waals surface area contributed by atoms with Crippen molar-refractivity contribution >= 4 is 39.1 Å². The van der Waals surface area contributed by atoms with Crippen LogP contribution in [0, 0.1) is 19.8 Å². The number of nitrogens with zero attached hydrogens (tertiary/aromatic N) is 2. The SMILES string of the molecule is CCNc1nc(CSCC(C)CC)nc2sc(C)c(C)c12. The smallest absolute Gasteiger partial charge is 0.142 e. The Kier molecular flexibility index (Phi) is 5.88. The molecule has 0 aliphatic rings. The number of hydrogen-bond acceptors (Lipinski definition) is 5. The number of aromatic nitrogens is 2. The minimum absolute atomic E-state index is 0.762. The predicted molar refractivity (Wildman–Crippen MR) is 96.7 cm³/mol. The lowest BCUT2D eigenvalue weighted by Crippen LogP contribution is -2.04. The van der Waals surface area contributed by atoms with Gasteiger partial charge < -0.3 is 5.32 Å². The van der Waals surface area contributed by atoms with Gasteiger partial charge in [-0.25, -0.2) is 9.97 Å². The van der Waals surface area contributed by atoms with E-state index in [9.17, 15) is 0 Å². The lowest BCUT2D eigenvalue weighted by molar-refractivity contribution is 0.636. The monoisotopic (exact) mass is 323 g/mol. The van der Waals surface area contributed by atoms with E-state index in [1.54, 1.807) is 11.3 Å². The van der Waals surface area contributed by atoms with Crippen LogP contribution in [0.25, 0.3) is 10.2 Å². The highest BCUT2D eigenvalue weighted by Gasteiger charge is 2.14. The summed E-state index contributed by atoms with van der Waals surface area (Å²) >= 11 is 3.71. The Morgan fingerprint density at radius 3 is 2.67 bits per heavy atom. The normalized spacial score (nSPS) is 12.8. The van der Waals surface area contributed by atoms with Crippen molar-refractivity contribution in [1.29, 1.82) is 0 Å². The molecule has 0 saturated heterocycles. The number of anilines is 1. The standard InChI is InChI=1S/C16H25N3S2/c1-6-10(3)8-20-9-13-18-15(17-7-2)14-11(4)12(5)21-16(14)19-13/h10H,6-9H2,1-5H3,(H,17,18,19). The third-order valence-electron chi connectivity index (χ3n) is 3.75. The second-order valence-electron chi connectivity index (χ2n) is 5.51. The van der Waals surface area contributed by atoms with E-state index in [2.05, 4.69) is 39.9 Å². The molecule has 0 spiro atoms. The highest BCUT2D eigenvalue weighted by atomic mass is 32.2. The van der Waals surface area contributed by atoms with E-state index < -0.39 is 0 Å². The Morgan fingerprint density at radius 2 is 2.00 bits per heavy atom. The molecular formula is C16H25N3S2. The fraction of sp³-hybridized carbons (Fsp3) is 0.625. The average molecular weight is 324 g/mol. The van der Waals surface area contributed by atoms with Gasteiger partial charge in [-0.05, 0) is 38.0 Å². The van der Waals surface area contributed by atoms with Crippen LogP contribution in [0.15, 0.2) is 0 Å². The first kappa shape index (κ1) is 16.6. The fourth-order valence-electron chi connectivity index (χ4n) is 2.12. The van der Waals surface area contributed by atoms with Crippen LogP contribution in [0.4, 0.5) is 5.82 Å². The van der Waals surface area contributed by atoms with Gasteiger partial charge in [-0.2, -0.15) is 11.8 Å². The van der Waals surface area contributed by atoms with Crippen molar-refractivity contribution in [2.45, 2.75) is 46.8 Å². The maximum absolute atomic E-state index is 4.77. The van der Waals surface area contributed by atoms with Gasteiger partial charge in [0.15, 0.2) is 0 Å². The number of nitrogens with one attached hydrogen (secondary N) is 1. The Bertz CT molecular complexity index is 607. The van der Waals surface area contributed by atoms with Crippen LogP contribution in [-0.2, 0) is 5.75 Å². The van der Waals surface area contributed by atoms with Crippen molar-refractivity contribution in [2.24, 2.45) is 5.92 Å². The second-order valence-corrected chi connectivity index (χ2v) is 7.74. The first-order chi connectivity index (χ1) is 10.1. The number of fused-ring (bicyclic) bond motifs is 1. The molecule has 1 atom stereocenters. The molecule has 21 heavy (non-hydrogen) atoms. The van der Waals surface area contributed by atoms with Crippen LogP contribution in [0.2, 0.25) is 0 Å². The largest absolute Gasteiger partial charge is 0.370 e. The van der Waals surface area contributed by atoms with Gasteiger partial charge in [-0.3, -0.25) is 0 Å². The molecule has 3 nitrogen and oxygen atoms in total. The summed E-state index contributed by atoms with van der Waals surface area (Å²) in [4.78, 5) is 12.0. The summed E-state index contributed by atoms with van der Waals surface area (Å²) in [6.07, 6.45) is 1.23.